The van der Waals surface area contributed by atoms with E-state index < -0.39 is 11.7 Å². The smallest absolute Gasteiger partial charge is 0.262 e. The summed E-state index contributed by atoms with van der Waals surface area (Å²) >= 11 is 9.04. The summed E-state index contributed by atoms with van der Waals surface area (Å²) in [7, 11) is 0. The van der Waals surface area contributed by atoms with Gasteiger partial charge in [-0.15, -0.1) is 0 Å². The van der Waals surface area contributed by atoms with Gasteiger partial charge in [-0.3, -0.25) is 4.79 Å². The van der Waals surface area contributed by atoms with Gasteiger partial charge in [0.2, 0.25) is 5.88 Å². The monoisotopic (exact) mass is 409 g/mol. The summed E-state index contributed by atoms with van der Waals surface area (Å²) in [6.45, 7) is -0.256. The summed E-state index contributed by atoms with van der Waals surface area (Å²) in [5.74, 6) is -0.669. The van der Waals surface area contributed by atoms with Gasteiger partial charge in [0.1, 0.15) is 12.1 Å². The minimum Gasteiger partial charge on any atom is -0.467 e. The van der Waals surface area contributed by atoms with E-state index in [-0.39, 0.29) is 11.6 Å². The minimum absolute atomic E-state index is 0.0691. The highest BCUT2D eigenvalue weighted by Crippen LogP contribution is 2.25. The molecule has 5 nitrogen and oxygen atoms in total. The molecule has 0 unspecified atom stereocenters. The van der Waals surface area contributed by atoms with Crippen LogP contribution < -0.4 is 10.1 Å². The van der Waals surface area contributed by atoms with Crippen LogP contribution in [-0.4, -0.2) is 22.5 Å². The second-order valence-corrected chi connectivity index (χ2v) is 6.13. The van der Waals surface area contributed by atoms with Gasteiger partial charge in [-0.05, 0) is 36.4 Å². The van der Waals surface area contributed by atoms with Crippen LogP contribution in [0.5, 0.6) is 5.88 Å². The number of aromatic nitrogens is 2. The normalized spacial score (nSPS) is 10.6. The molecule has 2 aromatic carbocycles. The molecule has 122 valence electrons. The van der Waals surface area contributed by atoms with Crippen LogP contribution in [0.2, 0.25) is 5.02 Å². The van der Waals surface area contributed by atoms with Gasteiger partial charge >= 0.3 is 0 Å². The fourth-order valence-electron chi connectivity index (χ4n) is 2.03. The van der Waals surface area contributed by atoms with E-state index in [2.05, 4.69) is 31.2 Å². The molecule has 0 fully saturated rings. The third kappa shape index (κ3) is 3.80. The zero-order chi connectivity index (χ0) is 17.1. The van der Waals surface area contributed by atoms with Crippen molar-refractivity contribution in [3.8, 4) is 5.88 Å². The summed E-state index contributed by atoms with van der Waals surface area (Å²) in [4.78, 5) is 20.1. The highest BCUT2D eigenvalue weighted by atomic mass is 79.9. The van der Waals surface area contributed by atoms with E-state index in [1.807, 2.05) is 18.2 Å². The molecule has 3 aromatic rings. The van der Waals surface area contributed by atoms with E-state index in [4.69, 9.17) is 16.3 Å². The average molecular weight is 411 g/mol. The zero-order valence-corrected chi connectivity index (χ0v) is 14.4. The minimum atomic E-state index is -0.552. The van der Waals surface area contributed by atoms with Crippen LogP contribution in [-0.2, 0) is 4.79 Å². The molecule has 0 spiro atoms. The van der Waals surface area contributed by atoms with Crippen LogP contribution in [0.25, 0.3) is 10.9 Å². The molecule has 0 aliphatic carbocycles. The second-order valence-electron chi connectivity index (χ2n) is 4.81. The fourth-order valence-corrected chi connectivity index (χ4v) is 2.57. The largest absolute Gasteiger partial charge is 0.467 e. The van der Waals surface area contributed by atoms with Crippen molar-refractivity contribution in [3.05, 3.63) is 58.0 Å². The van der Waals surface area contributed by atoms with Crippen molar-refractivity contribution >= 4 is 50.0 Å². The number of rotatable bonds is 4. The van der Waals surface area contributed by atoms with E-state index >= 15 is 0 Å². The maximum atomic E-state index is 13.1. The highest BCUT2D eigenvalue weighted by molar-refractivity contribution is 9.10. The number of fused-ring (bicyclic) bond motifs is 1. The van der Waals surface area contributed by atoms with Gasteiger partial charge < -0.3 is 10.1 Å². The second kappa shape index (κ2) is 7.11. The molecule has 8 heteroatoms. The number of benzene rings is 2. The van der Waals surface area contributed by atoms with Gasteiger partial charge in [-0.2, -0.15) is 0 Å². The molecule has 0 aliphatic rings. The SMILES string of the molecule is O=C(COc1ncnc2ccc(Br)cc12)Nc1ccc(F)c(Cl)c1. The average Bonchev–Trinajstić information content (AvgIpc) is 2.56. The number of nitrogens with zero attached hydrogens (tertiary/aromatic N) is 2. The van der Waals surface area contributed by atoms with Crippen LogP contribution in [0.1, 0.15) is 0 Å². The van der Waals surface area contributed by atoms with Gasteiger partial charge in [0.15, 0.2) is 6.61 Å². The molecule has 1 heterocycles. The number of hydrogen-bond acceptors (Lipinski definition) is 4. The first-order valence-electron chi connectivity index (χ1n) is 6.81. The fraction of sp³-hybridized carbons (Fsp3) is 0.0625. The lowest BCUT2D eigenvalue weighted by Crippen LogP contribution is -2.20. The van der Waals surface area contributed by atoms with Crippen LogP contribution in [0.4, 0.5) is 10.1 Å². The van der Waals surface area contributed by atoms with E-state index in [1.165, 1.54) is 24.5 Å². The Morgan fingerprint density at radius 3 is 2.88 bits per heavy atom. The quantitative estimate of drug-likeness (QED) is 0.700. The number of anilines is 1. The Kier molecular flexibility index (Phi) is 4.92. The molecule has 1 amide bonds. The molecule has 1 aromatic heterocycles. The van der Waals surface area contributed by atoms with Crippen molar-refractivity contribution in [2.24, 2.45) is 0 Å². The molecule has 0 atom stereocenters. The number of ether oxygens (including phenoxy) is 1. The lowest BCUT2D eigenvalue weighted by Gasteiger charge is -2.09. The number of nitrogens with one attached hydrogen (secondary N) is 1. The lowest BCUT2D eigenvalue weighted by atomic mass is 10.2. The standard InChI is InChI=1S/C16H10BrClFN3O2/c17-9-1-4-14-11(5-9)16(21-8-20-14)24-7-15(23)22-10-2-3-13(19)12(18)6-10/h1-6,8H,7H2,(H,22,23). The molecule has 0 radical (unpaired) electrons. The Morgan fingerprint density at radius 1 is 1.25 bits per heavy atom. The maximum absolute atomic E-state index is 13.1. The predicted molar refractivity (Wildman–Crippen MR) is 92.8 cm³/mol. The van der Waals surface area contributed by atoms with E-state index in [0.717, 1.165) is 4.47 Å². The van der Waals surface area contributed by atoms with Gasteiger partial charge in [0.05, 0.1) is 15.9 Å². The van der Waals surface area contributed by atoms with Gasteiger partial charge in [0, 0.05) is 10.2 Å². The molecule has 0 bridgehead atoms. The lowest BCUT2D eigenvalue weighted by molar-refractivity contribution is -0.118. The highest BCUT2D eigenvalue weighted by Gasteiger charge is 2.10. The van der Waals surface area contributed by atoms with E-state index in [1.54, 1.807) is 0 Å². The van der Waals surface area contributed by atoms with Crippen molar-refractivity contribution in [2.75, 3.05) is 11.9 Å². The van der Waals surface area contributed by atoms with Crippen molar-refractivity contribution in [1.29, 1.82) is 0 Å². The Hall–Kier alpha value is -2.25. The van der Waals surface area contributed by atoms with Crippen LogP contribution in [0.15, 0.2) is 47.2 Å². The maximum Gasteiger partial charge on any atom is 0.262 e. The van der Waals surface area contributed by atoms with E-state index in [9.17, 15) is 9.18 Å². The summed E-state index contributed by atoms with van der Waals surface area (Å²) in [6.07, 6.45) is 1.36. The van der Waals surface area contributed by atoms with Crippen molar-refractivity contribution in [2.45, 2.75) is 0 Å². The number of hydrogen-bond donors (Lipinski definition) is 1. The number of carbonyl (C=O) groups excluding carboxylic acids is 1. The van der Waals surface area contributed by atoms with Crippen molar-refractivity contribution in [1.82, 2.24) is 9.97 Å². The summed E-state index contributed by atoms with van der Waals surface area (Å²) in [5.41, 5.74) is 1.08. The van der Waals surface area contributed by atoms with Crippen LogP contribution in [0, 0.1) is 5.82 Å². The number of halogens is 3. The first-order chi connectivity index (χ1) is 11.5. The summed E-state index contributed by atoms with van der Waals surface area (Å²) in [5, 5.41) is 3.19. The first kappa shape index (κ1) is 16.6. The van der Waals surface area contributed by atoms with Crippen LogP contribution >= 0.6 is 27.5 Å². The van der Waals surface area contributed by atoms with Crippen molar-refractivity contribution in [3.63, 3.8) is 0 Å². The third-order valence-corrected chi connectivity index (χ3v) is 3.89. The third-order valence-electron chi connectivity index (χ3n) is 3.10. The zero-order valence-electron chi connectivity index (χ0n) is 12.1. The Labute approximate surface area is 150 Å². The molecular formula is C16H10BrClFN3O2. The van der Waals surface area contributed by atoms with Gasteiger partial charge in [-0.1, -0.05) is 27.5 Å². The Bertz CT molecular complexity index is 923. The first-order valence-corrected chi connectivity index (χ1v) is 7.98. The van der Waals surface area contributed by atoms with Gasteiger partial charge in [-0.25, -0.2) is 14.4 Å². The topological polar surface area (TPSA) is 64.1 Å². The Morgan fingerprint density at radius 2 is 2.08 bits per heavy atom. The van der Waals surface area contributed by atoms with Crippen LogP contribution in [0.3, 0.4) is 0 Å². The number of carbonyl (C=O) groups is 1. The van der Waals surface area contributed by atoms with E-state index in [0.29, 0.717) is 22.5 Å². The molecule has 0 saturated heterocycles. The molecular weight excluding hydrogens is 401 g/mol. The molecule has 0 aliphatic heterocycles. The Balaban J connectivity index is 1.70. The summed E-state index contributed by atoms with van der Waals surface area (Å²) < 4.78 is 19.4. The van der Waals surface area contributed by atoms with Gasteiger partial charge in [0.25, 0.3) is 5.91 Å². The molecule has 3 rings (SSSR count). The van der Waals surface area contributed by atoms with Crippen molar-refractivity contribution < 1.29 is 13.9 Å². The molecule has 24 heavy (non-hydrogen) atoms. The number of amides is 1. The predicted octanol–water partition coefficient (Wildman–Crippen LogP) is 4.20. The molecule has 0 saturated carbocycles. The molecule has 1 N–H and O–H groups in total. The summed E-state index contributed by atoms with van der Waals surface area (Å²) in [6, 6.07) is 9.39.